The van der Waals surface area contributed by atoms with Crippen molar-refractivity contribution in [2.45, 2.75) is 6.04 Å². The van der Waals surface area contributed by atoms with Gasteiger partial charge in [0.25, 0.3) is 5.91 Å². The monoisotopic (exact) mass is 271 g/mol. The number of benzene rings is 1. The molecule has 0 aliphatic carbocycles. The maximum Gasteiger partial charge on any atom is 0.255 e. The smallest absolute Gasteiger partial charge is 0.255 e. The third-order valence-electron chi connectivity index (χ3n) is 3.94. The number of hydrogen-bond acceptors (Lipinski definition) is 4. The van der Waals surface area contributed by atoms with E-state index in [0.717, 1.165) is 38.4 Å². The van der Waals surface area contributed by atoms with Gasteiger partial charge < -0.3 is 9.64 Å². The van der Waals surface area contributed by atoms with Crippen LogP contribution in [0.25, 0.3) is 0 Å². The van der Waals surface area contributed by atoms with Gasteiger partial charge in [0.15, 0.2) is 0 Å². The summed E-state index contributed by atoms with van der Waals surface area (Å²) < 4.78 is 5.31. The molecule has 20 heavy (non-hydrogen) atoms. The summed E-state index contributed by atoms with van der Waals surface area (Å²) in [4.78, 5) is 16.3. The van der Waals surface area contributed by atoms with Gasteiger partial charge in [0, 0.05) is 37.3 Å². The lowest BCUT2D eigenvalue weighted by atomic mass is 10.1. The van der Waals surface area contributed by atoms with Crippen molar-refractivity contribution in [2.75, 3.05) is 39.4 Å². The first-order valence-electron chi connectivity index (χ1n) is 6.91. The second-order valence-electron chi connectivity index (χ2n) is 5.07. The Morgan fingerprint density at radius 2 is 2.00 bits per heavy atom. The van der Waals surface area contributed by atoms with Crippen LogP contribution in [0.15, 0.2) is 24.3 Å². The van der Waals surface area contributed by atoms with Crippen molar-refractivity contribution in [3.05, 3.63) is 35.4 Å². The highest BCUT2D eigenvalue weighted by atomic mass is 16.5. The Morgan fingerprint density at radius 1 is 1.25 bits per heavy atom. The summed E-state index contributed by atoms with van der Waals surface area (Å²) in [5.41, 5.74) is 1.50. The van der Waals surface area contributed by atoms with E-state index >= 15 is 0 Å². The van der Waals surface area contributed by atoms with Gasteiger partial charge in [-0.1, -0.05) is 18.2 Å². The molecule has 104 valence electrons. The fourth-order valence-electron chi connectivity index (χ4n) is 2.81. The number of amides is 1. The lowest BCUT2D eigenvalue weighted by molar-refractivity contribution is 0.0320. The molecule has 1 amide bonds. The Hall–Kier alpha value is -1.90. The van der Waals surface area contributed by atoms with Crippen molar-refractivity contribution in [3.8, 4) is 6.07 Å². The molecular weight excluding hydrogens is 254 g/mol. The van der Waals surface area contributed by atoms with Crippen molar-refractivity contribution >= 4 is 5.91 Å². The zero-order valence-corrected chi connectivity index (χ0v) is 11.3. The van der Waals surface area contributed by atoms with Gasteiger partial charge in [-0.3, -0.25) is 9.69 Å². The Balaban J connectivity index is 1.71. The van der Waals surface area contributed by atoms with Crippen LogP contribution in [-0.2, 0) is 4.74 Å². The van der Waals surface area contributed by atoms with E-state index in [4.69, 9.17) is 4.74 Å². The number of morpholine rings is 1. The van der Waals surface area contributed by atoms with E-state index in [-0.39, 0.29) is 5.91 Å². The van der Waals surface area contributed by atoms with Crippen LogP contribution in [0.3, 0.4) is 0 Å². The standard InChI is InChI=1S/C15H17N3O2/c16-11-14-12-3-1-2-4-13(12)15(19)18(14)6-5-17-7-9-20-10-8-17/h1-4,14H,5-10H2. The number of nitriles is 1. The van der Waals surface area contributed by atoms with Crippen LogP contribution in [0.1, 0.15) is 22.0 Å². The molecule has 0 spiro atoms. The molecule has 1 aromatic rings. The van der Waals surface area contributed by atoms with E-state index in [0.29, 0.717) is 12.1 Å². The van der Waals surface area contributed by atoms with Crippen molar-refractivity contribution in [1.29, 1.82) is 5.26 Å². The van der Waals surface area contributed by atoms with Crippen molar-refractivity contribution in [1.82, 2.24) is 9.80 Å². The van der Waals surface area contributed by atoms with Crippen molar-refractivity contribution in [2.24, 2.45) is 0 Å². The first-order valence-corrected chi connectivity index (χ1v) is 6.91. The highest BCUT2D eigenvalue weighted by molar-refractivity contribution is 5.99. The first-order chi connectivity index (χ1) is 9.81. The number of rotatable bonds is 3. The molecule has 2 aliphatic rings. The topological polar surface area (TPSA) is 56.6 Å². The zero-order valence-electron chi connectivity index (χ0n) is 11.3. The van der Waals surface area contributed by atoms with E-state index < -0.39 is 6.04 Å². The molecule has 0 N–H and O–H groups in total. The Labute approximate surface area is 118 Å². The van der Waals surface area contributed by atoms with Crippen molar-refractivity contribution in [3.63, 3.8) is 0 Å². The molecule has 1 fully saturated rings. The highest BCUT2D eigenvalue weighted by Crippen LogP contribution is 2.32. The molecule has 5 heteroatoms. The predicted molar refractivity (Wildman–Crippen MR) is 73.1 cm³/mol. The number of nitrogens with zero attached hydrogens (tertiary/aromatic N) is 3. The molecule has 2 aliphatic heterocycles. The van der Waals surface area contributed by atoms with Crippen LogP contribution in [0, 0.1) is 11.3 Å². The molecule has 1 unspecified atom stereocenters. The summed E-state index contributed by atoms with van der Waals surface area (Å²) in [5, 5.41) is 9.36. The second-order valence-corrected chi connectivity index (χ2v) is 5.07. The number of fused-ring (bicyclic) bond motifs is 1. The molecule has 0 aromatic heterocycles. The number of ether oxygens (including phenoxy) is 1. The lowest BCUT2D eigenvalue weighted by Gasteiger charge is -2.29. The summed E-state index contributed by atoms with van der Waals surface area (Å²) >= 11 is 0. The first kappa shape index (κ1) is 13.1. The minimum Gasteiger partial charge on any atom is -0.379 e. The second kappa shape index (κ2) is 5.61. The minimum atomic E-state index is -0.445. The van der Waals surface area contributed by atoms with E-state index in [1.54, 1.807) is 11.0 Å². The summed E-state index contributed by atoms with van der Waals surface area (Å²) in [5.74, 6) is -0.0274. The van der Waals surface area contributed by atoms with Gasteiger partial charge in [-0.05, 0) is 6.07 Å². The van der Waals surface area contributed by atoms with Crippen LogP contribution in [0.4, 0.5) is 0 Å². The quantitative estimate of drug-likeness (QED) is 0.824. The fraction of sp³-hybridized carbons (Fsp3) is 0.467. The van der Waals surface area contributed by atoms with Gasteiger partial charge in [0.2, 0.25) is 0 Å². The van der Waals surface area contributed by atoms with E-state index in [1.165, 1.54) is 0 Å². The van der Waals surface area contributed by atoms with Crippen LogP contribution >= 0.6 is 0 Å². The van der Waals surface area contributed by atoms with Gasteiger partial charge in [0.1, 0.15) is 6.04 Å². The maximum absolute atomic E-state index is 12.4. The molecule has 0 radical (unpaired) electrons. The van der Waals surface area contributed by atoms with Crippen LogP contribution in [0.2, 0.25) is 0 Å². The van der Waals surface area contributed by atoms with Crippen LogP contribution in [0.5, 0.6) is 0 Å². The third-order valence-corrected chi connectivity index (χ3v) is 3.94. The van der Waals surface area contributed by atoms with Gasteiger partial charge in [-0.25, -0.2) is 0 Å². The van der Waals surface area contributed by atoms with Gasteiger partial charge in [-0.2, -0.15) is 5.26 Å². The summed E-state index contributed by atoms with van der Waals surface area (Å²) in [6.07, 6.45) is 0. The van der Waals surface area contributed by atoms with E-state index in [1.807, 2.05) is 18.2 Å². The molecule has 0 saturated carbocycles. The Bertz CT molecular complexity index is 546. The van der Waals surface area contributed by atoms with Crippen LogP contribution < -0.4 is 0 Å². The average molecular weight is 271 g/mol. The lowest BCUT2D eigenvalue weighted by Crippen LogP contribution is -2.42. The molecule has 0 bridgehead atoms. The molecular formula is C15H17N3O2. The van der Waals surface area contributed by atoms with Gasteiger partial charge in [0.05, 0.1) is 19.3 Å². The largest absolute Gasteiger partial charge is 0.379 e. The molecule has 3 rings (SSSR count). The fourth-order valence-corrected chi connectivity index (χ4v) is 2.81. The number of hydrogen-bond donors (Lipinski definition) is 0. The molecule has 1 atom stereocenters. The van der Waals surface area contributed by atoms with Gasteiger partial charge >= 0.3 is 0 Å². The SMILES string of the molecule is N#CC1c2ccccc2C(=O)N1CCN1CCOCC1. The van der Waals surface area contributed by atoms with Crippen molar-refractivity contribution < 1.29 is 9.53 Å². The molecule has 1 aromatic carbocycles. The van der Waals surface area contributed by atoms with Crippen LogP contribution in [-0.4, -0.2) is 55.1 Å². The molecule has 2 heterocycles. The summed E-state index contributed by atoms with van der Waals surface area (Å²) in [7, 11) is 0. The Morgan fingerprint density at radius 3 is 2.75 bits per heavy atom. The third kappa shape index (κ3) is 2.28. The van der Waals surface area contributed by atoms with Gasteiger partial charge in [-0.15, -0.1) is 0 Å². The number of carbonyl (C=O) groups is 1. The Kier molecular flexibility index (Phi) is 3.68. The average Bonchev–Trinajstić information content (AvgIpc) is 2.78. The summed E-state index contributed by atoms with van der Waals surface area (Å²) in [6, 6.07) is 9.20. The van der Waals surface area contributed by atoms with E-state index in [9.17, 15) is 10.1 Å². The minimum absolute atomic E-state index is 0.0274. The maximum atomic E-state index is 12.4. The molecule has 5 nitrogen and oxygen atoms in total. The van der Waals surface area contributed by atoms with E-state index in [2.05, 4.69) is 11.0 Å². The summed E-state index contributed by atoms with van der Waals surface area (Å²) in [6.45, 7) is 4.66. The molecule has 1 saturated heterocycles. The predicted octanol–water partition coefficient (Wildman–Crippen LogP) is 1.04. The zero-order chi connectivity index (χ0) is 13.9. The normalized spacial score (nSPS) is 22.6. The highest BCUT2D eigenvalue weighted by Gasteiger charge is 2.36. The number of carbonyl (C=O) groups excluding carboxylic acids is 1.